The monoisotopic (exact) mass is 548 g/mol. The Kier molecular flexibility index (Phi) is 6.82. The fraction of sp³-hybridized carbons (Fsp3) is 0.433. The number of methoxy groups -OCH3 is 1. The number of hydrogen-bond donors (Lipinski definition) is 1. The molecule has 0 saturated heterocycles. The number of halogens is 2. The number of rotatable bonds is 7. The SMILES string of the molecule is COc1cn([C@H]2CC[C@H](C=C(F)F)C2)c(=O)c2cc(-c3nn(C4CC(CN(C)C)C4)c4ccnc(N)c34)ccc12. The van der Waals surface area contributed by atoms with Crippen LogP contribution in [0.1, 0.15) is 44.2 Å². The van der Waals surface area contributed by atoms with Gasteiger partial charge in [0, 0.05) is 29.7 Å². The summed E-state index contributed by atoms with van der Waals surface area (Å²) in [4.78, 5) is 20.4. The average molecular weight is 549 g/mol. The predicted molar refractivity (Wildman–Crippen MR) is 153 cm³/mol. The van der Waals surface area contributed by atoms with Gasteiger partial charge in [-0.05, 0) is 82.3 Å². The van der Waals surface area contributed by atoms with E-state index in [0.717, 1.165) is 41.9 Å². The molecule has 0 aliphatic heterocycles. The summed E-state index contributed by atoms with van der Waals surface area (Å²) in [6.45, 7) is 1.05. The largest absolute Gasteiger partial charge is 0.495 e. The quantitative estimate of drug-likeness (QED) is 0.322. The second-order valence-corrected chi connectivity index (χ2v) is 11.5. The van der Waals surface area contributed by atoms with Crippen molar-refractivity contribution >= 4 is 27.5 Å². The molecule has 2 aliphatic carbocycles. The van der Waals surface area contributed by atoms with Crippen molar-refractivity contribution in [3.63, 3.8) is 0 Å². The summed E-state index contributed by atoms with van der Waals surface area (Å²) in [5.74, 6) is 1.34. The van der Waals surface area contributed by atoms with Gasteiger partial charge < -0.3 is 19.9 Å². The third-order valence-corrected chi connectivity index (χ3v) is 8.53. The maximum Gasteiger partial charge on any atom is 0.266 e. The van der Waals surface area contributed by atoms with Crippen LogP contribution in [0.15, 0.2) is 53.6 Å². The Balaban J connectivity index is 1.43. The molecular weight excluding hydrogens is 514 g/mol. The van der Waals surface area contributed by atoms with Crippen molar-refractivity contribution < 1.29 is 13.5 Å². The van der Waals surface area contributed by atoms with Crippen LogP contribution in [-0.4, -0.2) is 52.0 Å². The van der Waals surface area contributed by atoms with E-state index >= 15 is 0 Å². The first-order chi connectivity index (χ1) is 19.2. The lowest BCUT2D eigenvalue weighted by Crippen LogP contribution is -2.34. The van der Waals surface area contributed by atoms with E-state index in [2.05, 4.69) is 28.7 Å². The normalized spacial score (nSPS) is 22.6. The third-order valence-electron chi connectivity index (χ3n) is 8.53. The van der Waals surface area contributed by atoms with Crippen LogP contribution < -0.4 is 16.0 Å². The molecule has 40 heavy (non-hydrogen) atoms. The number of anilines is 1. The lowest BCUT2D eigenvalue weighted by molar-refractivity contribution is 0.150. The van der Waals surface area contributed by atoms with E-state index in [4.69, 9.17) is 15.6 Å². The van der Waals surface area contributed by atoms with Gasteiger partial charge in [-0.25, -0.2) is 4.98 Å². The van der Waals surface area contributed by atoms with Crippen molar-refractivity contribution in [2.75, 3.05) is 33.5 Å². The minimum absolute atomic E-state index is 0.173. The number of aromatic nitrogens is 4. The molecule has 0 bridgehead atoms. The molecule has 3 heterocycles. The molecular formula is C30H34F2N6O2. The number of ether oxygens (including phenoxy) is 1. The maximum absolute atomic E-state index is 13.8. The Bertz CT molecular complexity index is 1670. The van der Waals surface area contributed by atoms with Gasteiger partial charge in [0.25, 0.3) is 11.6 Å². The molecule has 210 valence electrons. The number of pyridine rings is 2. The standard InChI is InChI=1S/C30H34F2N6O2/c1-36(2)15-18-11-21(12-18)38-24-8-9-34-29(33)27(24)28(35-38)19-5-7-22-23(14-19)30(39)37(16-25(22)40-3)20-6-4-17(10-20)13-26(31)32/h5,7-9,13-14,16-18,20-21H,4,6,10-12,15H2,1-3H3,(H2,33,34)/t17-,18?,20-,21?/m0/s1. The highest BCUT2D eigenvalue weighted by Crippen LogP contribution is 2.43. The molecule has 0 unspecified atom stereocenters. The minimum Gasteiger partial charge on any atom is -0.495 e. The van der Waals surface area contributed by atoms with Crippen LogP contribution in [-0.2, 0) is 0 Å². The Morgan fingerprint density at radius 3 is 2.67 bits per heavy atom. The molecule has 0 radical (unpaired) electrons. The molecule has 6 rings (SSSR count). The number of hydrogen-bond acceptors (Lipinski definition) is 6. The highest BCUT2D eigenvalue weighted by atomic mass is 19.3. The Hall–Kier alpha value is -3.79. The van der Waals surface area contributed by atoms with Crippen molar-refractivity contribution in [3.8, 4) is 17.0 Å². The number of fused-ring (bicyclic) bond motifs is 2. The molecule has 3 aromatic heterocycles. The van der Waals surface area contributed by atoms with Crippen LogP contribution in [0.25, 0.3) is 32.9 Å². The number of nitrogen functional groups attached to an aromatic ring is 1. The Morgan fingerprint density at radius 1 is 1.15 bits per heavy atom. The van der Waals surface area contributed by atoms with E-state index in [-0.39, 0.29) is 23.6 Å². The summed E-state index contributed by atoms with van der Waals surface area (Å²) < 4.78 is 35.1. The van der Waals surface area contributed by atoms with Crippen LogP contribution in [0.2, 0.25) is 0 Å². The van der Waals surface area contributed by atoms with Gasteiger partial charge in [-0.15, -0.1) is 0 Å². The molecule has 10 heteroatoms. The zero-order valence-electron chi connectivity index (χ0n) is 23.0. The fourth-order valence-corrected chi connectivity index (χ4v) is 6.64. The highest BCUT2D eigenvalue weighted by Gasteiger charge is 2.33. The van der Waals surface area contributed by atoms with Crippen LogP contribution in [0.5, 0.6) is 5.75 Å². The van der Waals surface area contributed by atoms with Crippen LogP contribution in [0.4, 0.5) is 14.6 Å². The second-order valence-electron chi connectivity index (χ2n) is 11.5. The minimum atomic E-state index is -1.67. The van der Waals surface area contributed by atoms with Gasteiger partial charge in [0.2, 0.25) is 0 Å². The summed E-state index contributed by atoms with van der Waals surface area (Å²) in [6.07, 6.45) is 6.58. The first-order valence-corrected chi connectivity index (χ1v) is 13.8. The summed E-state index contributed by atoms with van der Waals surface area (Å²) >= 11 is 0. The first-order valence-electron chi connectivity index (χ1n) is 13.8. The lowest BCUT2D eigenvalue weighted by Gasteiger charge is -2.37. The van der Waals surface area contributed by atoms with Gasteiger partial charge in [0.05, 0.1) is 35.6 Å². The Labute approximate surface area is 231 Å². The second kappa shape index (κ2) is 10.3. The van der Waals surface area contributed by atoms with Gasteiger partial charge in [-0.3, -0.25) is 9.48 Å². The zero-order valence-corrected chi connectivity index (χ0v) is 23.0. The number of benzene rings is 1. The van der Waals surface area contributed by atoms with Gasteiger partial charge in [0.15, 0.2) is 0 Å². The third kappa shape index (κ3) is 4.64. The summed E-state index contributed by atoms with van der Waals surface area (Å²) in [5, 5.41) is 7.00. The van der Waals surface area contributed by atoms with Crippen molar-refractivity contribution in [3.05, 3.63) is 59.2 Å². The molecule has 1 aromatic carbocycles. The Morgan fingerprint density at radius 2 is 1.95 bits per heavy atom. The van der Waals surface area contributed by atoms with Gasteiger partial charge in [-0.1, -0.05) is 6.07 Å². The van der Waals surface area contributed by atoms with Crippen molar-refractivity contribution in [1.82, 2.24) is 24.2 Å². The van der Waals surface area contributed by atoms with Crippen molar-refractivity contribution in [2.24, 2.45) is 11.8 Å². The van der Waals surface area contributed by atoms with E-state index in [0.29, 0.717) is 53.2 Å². The number of nitrogens with zero attached hydrogens (tertiary/aromatic N) is 5. The zero-order chi connectivity index (χ0) is 28.1. The summed E-state index contributed by atoms with van der Waals surface area (Å²) in [7, 11) is 5.76. The lowest BCUT2D eigenvalue weighted by atomic mass is 9.80. The van der Waals surface area contributed by atoms with E-state index in [9.17, 15) is 13.6 Å². The summed E-state index contributed by atoms with van der Waals surface area (Å²) in [6, 6.07) is 7.70. The highest BCUT2D eigenvalue weighted by molar-refractivity contribution is 6.02. The molecule has 2 aliphatic rings. The summed E-state index contributed by atoms with van der Waals surface area (Å²) in [5.41, 5.74) is 8.61. The van der Waals surface area contributed by atoms with Gasteiger partial charge in [-0.2, -0.15) is 13.9 Å². The van der Waals surface area contributed by atoms with Crippen LogP contribution in [0.3, 0.4) is 0 Å². The van der Waals surface area contributed by atoms with Crippen LogP contribution in [0, 0.1) is 11.8 Å². The van der Waals surface area contributed by atoms with E-state index in [1.807, 2.05) is 24.3 Å². The van der Waals surface area contributed by atoms with Crippen LogP contribution >= 0.6 is 0 Å². The number of nitrogens with two attached hydrogens (primary N) is 1. The molecule has 4 aromatic rings. The topological polar surface area (TPSA) is 91.2 Å². The molecule has 2 N–H and O–H groups in total. The molecule has 0 spiro atoms. The van der Waals surface area contributed by atoms with E-state index < -0.39 is 6.08 Å². The van der Waals surface area contributed by atoms with E-state index in [1.165, 1.54) is 0 Å². The molecule has 2 fully saturated rings. The molecule has 8 nitrogen and oxygen atoms in total. The predicted octanol–water partition coefficient (Wildman–Crippen LogP) is 5.64. The molecule has 2 saturated carbocycles. The molecule has 0 amide bonds. The smallest absolute Gasteiger partial charge is 0.266 e. The van der Waals surface area contributed by atoms with Gasteiger partial charge >= 0.3 is 0 Å². The fourth-order valence-electron chi connectivity index (χ4n) is 6.64. The first kappa shape index (κ1) is 26.4. The van der Waals surface area contributed by atoms with E-state index in [1.54, 1.807) is 24.1 Å². The van der Waals surface area contributed by atoms with Gasteiger partial charge in [0.1, 0.15) is 17.3 Å². The maximum atomic E-state index is 13.8. The number of allylic oxidation sites excluding steroid dienone is 1. The average Bonchev–Trinajstić information content (AvgIpc) is 3.51. The van der Waals surface area contributed by atoms with Crippen molar-refractivity contribution in [1.29, 1.82) is 0 Å². The molecule has 2 atom stereocenters. The van der Waals surface area contributed by atoms with Crippen molar-refractivity contribution in [2.45, 2.75) is 44.2 Å².